The van der Waals surface area contributed by atoms with Crippen LogP contribution in [0.4, 0.5) is 0 Å². The Labute approximate surface area is 101 Å². The topological polar surface area (TPSA) is 62.0 Å². The van der Waals surface area contributed by atoms with Gasteiger partial charge in [0.25, 0.3) is 5.91 Å². The van der Waals surface area contributed by atoms with Crippen molar-refractivity contribution in [3.05, 3.63) is 34.2 Å². The Morgan fingerprint density at radius 2 is 2.06 bits per heavy atom. The third-order valence-corrected chi connectivity index (χ3v) is 2.62. The molecule has 1 rings (SSSR count). The standard InChI is InChI=1S/C13H20N2O2/c1-9(2)4-5-10(3)15-13(17)11-8-14-7-6-12(11)16/h6-10H,4-5H2,1-3H3,(H,14,16)(H,15,17). The minimum Gasteiger partial charge on any atom is -0.367 e. The maximum absolute atomic E-state index is 11.8. The first-order valence-corrected chi connectivity index (χ1v) is 5.98. The maximum Gasteiger partial charge on any atom is 0.256 e. The van der Waals surface area contributed by atoms with Crippen LogP contribution < -0.4 is 10.7 Å². The Bertz CT molecular complexity index is 423. The van der Waals surface area contributed by atoms with Crippen molar-refractivity contribution in [2.24, 2.45) is 5.92 Å². The van der Waals surface area contributed by atoms with Crippen molar-refractivity contribution in [3.8, 4) is 0 Å². The molecule has 0 aliphatic rings. The molecular formula is C13H20N2O2. The van der Waals surface area contributed by atoms with Crippen LogP contribution in [0.5, 0.6) is 0 Å². The van der Waals surface area contributed by atoms with E-state index in [2.05, 4.69) is 24.1 Å². The number of carbonyl (C=O) groups excluding carboxylic acids is 1. The number of nitrogens with one attached hydrogen (secondary N) is 2. The maximum atomic E-state index is 11.8. The molecule has 1 heterocycles. The summed E-state index contributed by atoms with van der Waals surface area (Å²) in [5, 5.41) is 2.83. The van der Waals surface area contributed by atoms with E-state index in [0.29, 0.717) is 5.92 Å². The third-order valence-electron chi connectivity index (χ3n) is 2.62. The summed E-state index contributed by atoms with van der Waals surface area (Å²) in [7, 11) is 0. The minimum absolute atomic E-state index is 0.0875. The summed E-state index contributed by atoms with van der Waals surface area (Å²) in [6.07, 6.45) is 4.94. The number of carbonyl (C=O) groups is 1. The van der Waals surface area contributed by atoms with E-state index in [1.807, 2.05) is 6.92 Å². The first-order valence-electron chi connectivity index (χ1n) is 5.98. The fourth-order valence-electron chi connectivity index (χ4n) is 1.55. The Morgan fingerprint density at radius 3 is 2.65 bits per heavy atom. The summed E-state index contributed by atoms with van der Waals surface area (Å²) < 4.78 is 0. The molecule has 0 spiro atoms. The van der Waals surface area contributed by atoms with Crippen molar-refractivity contribution in [2.45, 2.75) is 39.7 Å². The predicted octanol–water partition coefficient (Wildman–Crippen LogP) is 1.93. The van der Waals surface area contributed by atoms with Gasteiger partial charge >= 0.3 is 0 Å². The van der Waals surface area contributed by atoms with E-state index in [4.69, 9.17) is 0 Å². The molecule has 94 valence electrons. The lowest BCUT2D eigenvalue weighted by molar-refractivity contribution is 0.0936. The van der Waals surface area contributed by atoms with Crippen LogP contribution in [0.25, 0.3) is 0 Å². The molecule has 1 amide bonds. The highest BCUT2D eigenvalue weighted by Gasteiger charge is 2.12. The summed E-state index contributed by atoms with van der Waals surface area (Å²) in [4.78, 5) is 26.0. The lowest BCUT2D eigenvalue weighted by atomic mass is 10.0. The molecule has 0 aromatic carbocycles. The Balaban J connectivity index is 2.55. The summed E-state index contributed by atoms with van der Waals surface area (Å²) >= 11 is 0. The molecule has 1 atom stereocenters. The number of aromatic amines is 1. The number of hydrogen-bond donors (Lipinski definition) is 2. The van der Waals surface area contributed by atoms with Gasteiger partial charge in [-0.2, -0.15) is 0 Å². The zero-order valence-corrected chi connectivity index (χ0v) is 10.6. The SMILES string of the molecule is CC(C)CCC(C)NC(=O)c1c[nH]ccc1=O. The molecule has 1 aromatic rings. The van der Waals surface area contributed by atoms with E-state index in [1.165, 1.54) is 18.5 Å². The van der Waals surface area contributed by atoms with E-state index >= 15 is 0 Å². The van der Waals surface area contributed by atoms with E-state index in [0.717, 1.165) is 12.8 Å². The van der Waals surface area contributed by atoms with Gasteiger partial charge in [-0.1, -0.05) is 13.8 Å². The van der Waals surface area contributed by atoms with Crippen LogP contribution in [0.2, 0.25) is 0 Å². The van der Waals surface area contributed by atoms with E-state index in [9.17, 15) is 9.59 Å². The van der Waals surface area contributed by atoms with Crippen molar-refractivity contribution in [3.63, 3.8) is 0 Å². The zero-order valence-electron chi connectivity index (χ0n) is 10.6. The molecule has 4 nitrogen and oxygen atoms in total. The first-order chi connectivity index (χ1) is 8.00. The van der Waals surface area contributed by atoms with Crippen LogP contribution in [0.15, 0.2) is 23.3 Å². The number of pyridine rings is 1. The summed E-state index contributed by atoms with van der Waals surface area (Å²) in [6.45, 7) is 6.25. The van der Waals surface area contributed by atoms with Gasteiger partial charge in [-0.05, 0) is 25.7 Å². The van der Waals surface area contributed by atoms with Gasteiger partial charge in [0.15, 0.2) is 5.43 Å². The van der Waals surface area contributed by atoms with Gasteiger partial charge in [-0.15, -0.1) is 0 Å². The molecule has 0 bridgehead atoms. The monoisotopic (exact) mass is 236 g/mol. The molecule has 17 heavy (non-hydrogen) atoms. The van der Waals surface area contributed by atoms with Crippen LogP contribution in [-0.2, 0) is 0 Å². The number of amides is 1. The molecule has 0 radical (unpaired) electrons. The van der Waals surface area contributed by atoms with Crippen LogP contribution in [0.1, 0.15) is 44.0 Å². The van der Waals surface area contributed by atoms with Crippen molar-refractivity contribution < 1.29 is 4.79 Å². The van der Waals surface area contributed by atoms with Crippen molar-refractivity contribution in [2.75, 3.05) is 0 Å². The number of aromatic nitrogens is 1. The number of H-pyrrole nitrogens is 1. The van der Waals surface area contributed by atoms with E-state index in [1.54, 1.807) is 0 Å². The molecule has 0 fully saturated rings. The first kappa shape index (κ1) is 13.5. The Hall–Kier alpha value is -1.58. The molecular weight excluding hydrogens is 216 g/mol. The predicted molar refractivity (Wildman–Crippen MR) is 68.1 cm³/mol. The smallest absolute Gasteiger partial charge is 0.256 e. The average molecular weight is 236 g/mol. The molecule has 1 unspecified atom stereocenters. The summed E-state index contributed by atoms with van der Waals surface area (Å²) in [5.74, 6) is 0.317. The molecule has 1 aromatic heterocycles. The van der Waals surface area contributed by atoms with Crippen LogP contribution in [0, 0.1) is 5.92 Å². The fraction of sp³-hybridized carbons (Fsp3) is 0.538. The van der Waals surface area contributed by atoms with Gasteiger partial charge in [-0.3, -0.25) is 9.59 Å². The Morgan fingerprint density at radius 1 is 1.35 bits per heavy atom. The fourth-order valence-corrected chi connectivity index (χ4v) is 1.55. The summed E-state index contributed by atoms with van der Waals surface area (Å²) in [5.41, 5.74) is -0.0822. The van der Waals surface area contributed by atoms with Gasteiger partial charge in [0.05, 0.1) is 0 Å². The highest BCUT2D eigenvalue weighted by molar-refractivity contribution is 5.93. The second-order valence-corrected chi connectivity index (χ2v) is 4.77. The second kappa shape index (κ2) is 6.23. The lowest BCUT2D eigenvalue weighted by Gasteiger charge is -2.14. The molecule has 2 N–H and O–H groups in total. The summed E-state index contributed by atoms with van der Waals surface area (Å²) in [6, 6.07) is 1.44. The van der Waals surface area contributed by atoms with Crippen molar-refractivity contribution >= 4 is 5.91 Å². The van der Waals surface area contributed by atoms with Crippen molar-refractivity contribution in [1.82, 2.24) is 10.3 Å². The third kappa shape index (κ3) is 4.43. The number of hydrogen-bond acceptors (Lipinski definition) is 2. The molecule has 0 saturated heterocycles. The normalized spacial score (nSPS) is 12.5. The lowest BCUT2D eigenvalue weighted by Crippen LogP contribution is -2.35. The molecule has 4 heteroatoms. The highest BCUT2D eigenvalue weighted by atomic mass is 16.2. The van der Waals surface area contributed by atoms with Crippen molar-refractivity contribution in [1.29, 1.82) is 0 Å². The van der Waals surface area contributed by atoms with Gasteiger partial charge in [0, 0.05) is 24.5 Å². The minimum atomic E-state index is -0.303. The van der Waals surface area contributed by atoms with E-state index < -0.39 is 0 Å². The zero-order chi connectivity index (χ0) is 12.8. The molecule has 0 saturated carbocycles. The van der Waals surface area contributed by atoms with Crippen LogP contribution >= 0.6 is 0 Å². The highest BCUT2D eigenvalue weighted by Crippen LogP contribution is 2.06. The largest absolute Gasteiger partial charge is 0.367 e. The average Bonchev–Trinajstić information content (AvgIpc) is 2.26. The quantitative estimate of drug-likeness (QED) is 0.820. The Kier molecular flexibility index (Phi) is 4.94. The second-order valence-electron chi connectivity index (χ2n) is 4.77. The van der Waals surface area contributed by atoms with Crippen LogP contribution in [0.3, 0.4) is 0 Å². The molecule has 0 aliphatic carbocycles. The molecule has 0 aliphatic heterocycles. The van der Waals surface area contributed by atoms with Gasteiger partial charge in [0.1, 0.15) is 5.56 Å². The van der Waals surface area contributed by atoms with Gasteiger partial charge in [-0.25, -0.2) is 0 Å². The van der Waals surface area contributed by atoms with Gasteiger partial charge < -0.3 is 10.3 Å². The number of rotatable bonds is 5. The van der Waals surface area contributed by atoms with E-state index in [-0.39, 0.29) is 22.9 Å². The van der Waals surface area contributed by atoms with Crippen LogP contribution in [-0.4, -0.2) is 16.9 Å². The van der Waals surface area contributed by atoms with Gasteiger partial charge in [0.2, 0.25) is 0 Å².